The summed E-state index contributed by atoms with van der Waals surface area (Å²) < 4.78 is 6.77. The molecule has 2 aliphatic heterocycles. The maximum absolute atomic E-state index is 11.8. The van der Waals surface area contributed by atoms with Gasteiger partial charge in [0, 0.05) is 12.3 Å². The van der Waals surface area contributed by atoms with E-state index in [1.807, 2.05) is 12.1 Å². The number of hydrogen-bond donors (Lipinski definition) is 2. The molecule has 0 radical (unpaired) electrons. The molecule has 6 nitrogen and oxygen atoms in total. The molecule has 7 heteroatoms. The van der Waals surface area contributed by atoms with Crippen molar-refractivity contribution in [3.05, 3.63) is 28.1 Å². The van der Waals surface area contributed by atoms with Gasteiger partial charge in [-0.3, -0.25) is 9.80 Å². The number of anilines is 2. The lowest BCUT2D eigenvalue weighted by atomic mass is 9.87. The molecule has 0 amide bonds. The van der Waals surface area contributed by atoms with Gasteiger partial charge >= 0.3 is 0 Å². The Bertz CT molecular complexity index is 795. The van der Waals surface area contributed by atoms with E-state index in [2.05, 4.69) is 64.6 Å². The highest BCUT2D eigenvalue weighted by Crippen LogP contribution is 2.44. The summed E-state index contributed by atoms with van der Waals surface area (Å²) in [5.74, 6) is 1.01. The fourth-order valence-corrected chi connectivity index (χ4v) is 3.39. The SMILES string of the molecule is CC(=O)C1=C(Oc2ccc3c(c2Br)NNN3[C@H](C)C(C)(C)C)N=CCC1. The Hall–Kier alpha value is -1.86. The molecule has 0 saturated heterocycles. The van der Waals surface area contributed by atoms with Crippen molar-refractivity contribution in [3.63, 3.8) is 0 Å². The Morgan fingerprint density at radius 2 is 2.12 bits per heavy atom. The highest BCUT2D eigenvalue weighted by Gasteiger charge is 2.33. The topological polar surface area (TPSA) is 66.0 Å². The number of nitrogens with one attached hydrogen (secondary N) is 2. The number of fused-ring (bicyclic) bond motifs is 1. The summed E-state index contributed by atoms with van der Waals surface area (Å²) >= 11 is 3.63. The second kappa shape index (κ2) is 7.04. The van der Waals surface area contributed by atoms with Gasteiger partial charge in [0.1, 0.15) is 5.75 Å². The quantitative estimate of drug-likeness (QED) is 0.745. The predicted octanol–water partition coefficient (Wildman–Crippen LogP) is 4.58. The number of hydrazine groups is 2. The molecule has 0 aromatic heterocycles. The van der Waals surface area contributed by atoms with Crippen LogP contribution in [-0.2, 0) is 4.79 Å². The number of Topliss-reactive ketones (excluding diaryl/α,β-unsaturated/α-hetero) is 1. The maximum Gasteiger partial charge on any atom is 0.225 e. The number of ether oxygens (including phenoxy) is 1. The minimum Gasteiger partial charge on any atom is -0.437 e. The van der Waals surface area contributed by atoms with Crippen LogP contribution in [0.1, 0.15) is 47.5 Å². The maximum atomic E-state index is 11.8. The Balaban J connectivity index is 1.92. The second-order valence-electron chi connectivity index (χ2n) is 7.71. The zero-order valence-electron chi connectivity index (χ0n) is 15.8. The van der Waals surface area contributed by atoms with Gasteiger partial charge in [0.25, 0.3) is 0 Å². The van der Waals surface area contributed by atoms with Gasteiger partial charge in [-0.15, -0.1) is 5.53 Å². The van der Waals surface area contributed by atoms with Crippen molar-refractivity contribution in [2.75, 3.05) is 10.4 Å². The van der Waals surface area contributed by atoms with Crippen LogP contribution in [0.25, 0.3) is 0 Å². The van der Waals surface area contributed by atoms with Crippen molar-refractivity contribution in [1.29, 1.82) is 0 Å². The lowest BCUT2D eigenvalue weighted by molar-refractivity contribution is -0.113. The van der Waals surface area contributed by atoms with Gasteiger partial charge in [-0.05, 0) is 60.2 Å². The Kier molecular flexibility index (Phi) is 5.12. The summed E-state index contributed by atoms with van der Waals surface area (Å²) in [5, 5.41) is 2.11. The monoisotopic (exact) mass is 420 g/mol. The number of ketones is 1. The van der Waals surface area contributed by atoms with Gasteiger partial charge in [0.05, 0.1) is 21.4 Å². The molecular formula is C19H25BrN4O2. The van der Waals surface area contributed by atoms with E-state index in [0.29, 0.717) is 23.6 Å². The average molecular weight is 421 g/mol. The van der Waals surface area contributed by atoms with E-state index in [0.717, 1.165) is 22.3 Å². The van der Waals surface area contributed by atoms with E-state index in [-0.39, 0.29) is 17.2 Å². The van der Waals surface area contributed by atoms with E-state index in [4.69, 9.17) is 4.74 Å². The third-order valence-corrected chi connectivity index (χ3v) is 5.70. The fourth-order valence-electron chi connectivity index (χ4n) is 2.87. The van der Waals surface area contributed by atoms with E-state index in [9.17, 15) is 4.79 Å². The van der Waals surface area contributed by atoms with Crippen molar-refractivity contribution in [2.45, 2.75) is 53.5 Å². The second-order valence-corrected chi connectivity index (χ2v) is 8.51. The van der Waals surface area contributed by atoms with Crippen LogP contribution in [0.2, 0.25) is 0 Å². The number of allylic oxidation sites excluding steroid dienone is 1. The molecule has 2 aliphatic rings. The first-order valence-corrected chi connectivity index (χ1v) is 9.57. The third kappa shape index (κ3) is 3.50. The van der Waals surface area contributed by atoms with Crippen LogP contribution in [0.4, 0.5) is 11.4 Å². The minimum atomic E-state index is -0.000832. The van der Waals surface area contributed by atoms with E-state index < -0.39 is 0 Å². The van der Waals surface area contributed by atoms with Crippen molar-refractivity contribution in [2.24, 2.45) is 10.4 Å². The zero-order valence-corrected chi connectivity index (χ0v) is 17.4. The van der Waals surface area contributed by atoms with Crippen molar-refractivity contribution in [3.8, 4) is 5.75 Å². The number of carbonyl (C=O) groups is 1. The van der Waals surface area contributed by atoms with Crippen LogP contribution in [0.3, 0.4) is 0 Å². The highest BCUT2D eigenvalue weighted by molar-refractivity contribution is 9.10. The Morgan fingerprint density at radius 1 is 1.38 bits per heavy atom. The number of halogens is 1. The van der Waals surface area contributed by atoms with Crippen LogP contribution in [0.15, 0.2) is 33.1 Å². The molecule has 1 aromatic carbocycles. The number of hydrogen-bond acceptors (Lipinski definition) is 6. The molecule has 0 bridgehead atoms. The standard InChI is InChI=1S/C19H25BrN4O2/c1-11(25)13-7-6-10-21-18(13)26-15-9-8-14-17(16(15)20)22-23-24(14)12(2)19(3,4)5/h8-10,12,22-23H,6-7H2,1-5H3/t12-/m1/s1. The molecule has 0 spiro atoms. The van der Waals surface area contributed by atoms with Crippen molar-refractivity contribution < 1.29 is 9.53 Å². The molecule has 0 fully saturated rings. The van der Waals surface area contributed by atoms with Gasteiger partial charge in [-0.2, -0.15) is 0 Å². The normalized spacial score (nSPS) is 17.8. The molecule has 1 aromatic rings. The minimum absolute atomic E-state index is 0.000832. The smallest absolute Gasteiger partial charge is 0.225 e. The van der Waals surface area contributed by atoms with Crippen LogP contribution in [0.5, 0.6) is 5.75 Å². The van der Waals surface area contributed by atoms with Gasteiger partial charge in [0.15, 0.2) is 5.78 Å². The summed E-state index contributed by atoms with van der Waals surface area (Å²) in [5.41, 5.74) is 9.13. The summed E-state index contributed by atoms with van der Waals surface area (Å²) in [4.78, 5) is 16.1. The lowest BCUT2D eigenvalue weighted by Gasteiger charge is -2.35. The molecule has 0 saturated carbocycles. The van der Waals surface area contributed by atoms with Crippen LogP contribution in [0, 0.1) is 5.41 Å². The van der Waals surface area contributed by atoms with E-state index >= 15 is 0 Å². The molecular weight excluding hydrogens is 396 g/mol. The Morgan fingerprint density at radius 3 is 2.77 bits per heavy atom. The van der Waals surface area contributed by atoms with Gasteiger partial charge < -0.3 is 10.2 Å². The van der Waals surface area contributed by atoms with Crippen molar-refractivity contribution in [1.82, 2.24) is 5.53 Å². The first kappa shape index (κ1) is 18.9. The first-order chi connectivity index (χ1) is 12.2. The summed E-state index contributed by atoms with van der Waals surface area (Å²) in [6.45, 7) is 10.4. The lowest BCUT2D eigenvalue weighted by Crippen LogP contribution is -2.48. The highest BCUT2D eigenvalue weighted by atomic mass is 79.9. The molecule has 26 heavy (non-hydrogen) atoms. The van der Waals surface area contributed by atoms with Crippen LogP contribution < -0.4 is 20.7 Å². The summed E-state index contributed by atoms with van der Waals surface area (Å²) in [6, 6.07) is 4.17. The van der Waals surface area contributed by atoms with Crippen molar-refractivity contribution >= 4 is 39.3 Å². The molecule has 2 heterocycles. The fraction of sp³-hybridized carbons (Fsp3) is 0.474. The Labute approximate surface area is 162 Å². The molecule has 0 aliphatic carbocycles. The first-order valence-electron chi connectivity index (χ1n) is 8.78. The summed E-state index contributed by atoms with van der Waals surface area (Å²) in [6.07, 6.45) is 3.21. The average Bonchev–Trinajstić information content (AvgIpc) is 3.00. The predicted molar refractivity (Wildman–Crippen MR) is 108 cm³/mol. The van der Waals surface area contributed by atoms with Gasteiger partial charge in [-0.1, -0.05) is 20.8 Å². The van der Waals surface area contributed by atoms with Gasteiger partial charge in [-0.25, -0.2) is 4.99 Å². The zero-order chi connectivity index (χ0) is 19.1. The van der Waals surface area contributed by atoms with E-state index in [1.165, 1.54) is 0 Å². The third-order valence-electron chi connectivity index (χ3n) is 4.91. The molecule has 2 N–H and O–H groups in total. The largest absolute Gasteiger partial charge is 0.437 e. The molecule has 0 unspecified atom stereocenters. The van der Waals surface area contributed by atoms with Crippen LogP contribution in [-0.4, -0.2) is 18.0 Å². The number of carbonyl (C=O) groups excluding carboxylic acids is 1. The number of aliphatic imine (C=N–C) groups is 1. The molecule has 140 valence electrons. The van der Waals surface area contributed by atoms with Gasteiger partial charge in [0.2, 0.25) is 5.88 Å². The molecule has 1 atom stereocenters. The van der Waals surface area contributed by atoms with E-state index in [1.54, 1.807) is 13.1 Å². The molecule has 3 rings (SSSR count). The number of benzene rings is 1. The van der Waals surface area contributed by atoms with Crippen LogP contribution >= 0.6 is 15.9 Å². The summed E-state index contributed by atoms with van der Waals surface area (Å²) in [7, 11) is 0. The number of nitrogens with zero attached hydrogens (tertiary/aromatic N) is 2. The number of rotatable bonds is 4.